The minimum absolute atomic E-state index is 0.167. The molecule has 1 N–H and O–H groups in total. The molecule has 7 heteroatoms. The Bertz CT molecular complexity index is 783. The van der Waals surface area contributed by atoms with Crippen LogP contribution >= 0.6 is 27.5 Å². The van der Waals surface area contributed by atoms with Gasteiger partial charge in [-0.1, -0.05) is 39.7 Å². The molecule has 27 heavy (non-hydrogen) atoms. The minimum atomic E-state index is -0.620. The Hall–Kier alpha value is -2.05. The van der Waals surface area contributed by atoms with Crippen LogP contribution < -0.4 is 10.1 Å². The maximum absolute atomic E-state index is 12.8. The molecule has 0 spiro atoms. The Morgan fingerprint density at radius 2 is 1.93 bits per heavy atom. The summed E-state index contributed by atoms with van der Waals surface area (Å²) in [6, 6.07) is 13.8. The molecule has 0 fully saturated rings. The average molecular weight is 454 g/mol. The van der Waals surface area contributed by atoms with Crippen LogP contribution in [0.25, 0.3) is 0 Å². The monoisotopic (exact) mass is 452 g/mol. The Kier molecular flexibility index (Phi) is 8.13. The molecule has 0 aliphatic carbocycles. The van der Waals surface area contributed by atoms with Gasteiger partial charge < -0.3 is 15.0 Å². The maximum atomic E-state index is 12.8. The van der Waals surface area contributed by atoms with E-state index in [0.717, 1.165) is 10.0 Å². The predicted molar refractivity (Wildman–Crippen MR) is 110 cm³/mol. The second kappa shape index (κ2) is 10.3. The van der Waals surface area contributed by atoms with Crippen molar-refractivity contribution < 1.29 is 14.3 Å². The van der Waals surface area contributed by atoms with Crippen LogP contribution in [0.3, 0.4) is 0 Å². The Morgan fingerprint density at radius 1 is 1.22 bits per heavy atom. The van der Waals surface area contributed by atoms with Crippen LogP contribution in [0.5, 0.6) is 5.75 Å². The van der Waals surface area contributed by atoms with Gasteiger partial charge in [0.2, 0.25) is 5.91 Å². The van der Waals surface area contributed by atoms with Crippen molar-refractivity contribution in [1.82, 2.24) is 10.2 Å². The highest BCUT2D eigenvalue weighted by atomic mass is 79.9. The first-order chi connectivity index (χ1) is 12.9. The Balaban J connectivity index is 2.12. The zero-order valence-corrected chi connectivity index (χ0v) is 17.6. The number of likely N-dealkylation sites (N-methyl/N-ethyl adjacent to an activating group) is 1. The van der Waals surface area contributed by atoms with E-state index < -0.39 is 6.04 Å². The van der Waals surface area contributed by atoms with Crippen molar-refractivity contribution in [2.45, 2.75) is 26.4 Å². The average Bonchev–Trinajstić information content (AvgIpc) is 2.65. The molecular formula is C20H22BrClN2O3. The highest BCUT2D eigenvalue weighted by Gasteiger charge is 2.26. The van der Waals surface area contributed by atoms with E-state index in [1.807, 2.05) is 31.2 Å². The Morgan fingerprint density at radius 3 is 2.56 bits per heavy atom. The molecule has 0 heterocycles. The van der Waals surface area contributed by atoms with Crippen molar-refractivity contribution in [1.29, 1.82) is 0 Å². The van der Waals surface area contributed by atoms with Crippen LogP contribution in [0, 0.1) is 0 Å². The van der Waals surface area contributed by atoms with Gasteiger partial charge in [0.15, 0.2) is 6.61 Å². The number of amides is 2. The van der Waals surface area contributed by atoms with E-state index in [0.29, 0.717) is 23.9 Å². The van der Waals surface area contributed by atoms with Crippen LogP contribution in [-0.2, 0) is 16.1 Å². The lowest BCUT2D eigenvalue weighted by Crippen LogP contribution is -2.49. The van der Waals surface area contributed by atoms with Gasteiger partial charge in [-0.15, -0.1) is 0 Å². The van der Waals surface area contributed by atoms with Gasteiger partial charge in [-0.05, 0) is 55.8 Å². The highest BCUT2D eigenvalue weighted by Crippen LogP contribution is 2.17. The third kappa shape index (κ3) is 6.56. The summed E-state index contributed by atoms with van der Waals surface area (Å²) in [6.07, 6.45) is 0. The van der Waals surface area contributed by atoms with Gasteiger partial charge in [-0.2, -0.15) is 0 Å². The number of halogens is 2. The fourth-order valence-corrected chi connectivity index (χ4v) is 3.07. The molecule has 0 saturated carbocycles. The lowest BCUT2D eigenvalue weighted by Gasteiger charge is -2.28. The summed E-state index contributed by atoms with van der Waals surface area (Å²) in [5.74, 6) is 0.0665. The van der Waals surface area contributed by atoms with Crippen molar-refractivity contribution >= 4 is 39.3 Å². The van der Waals surface area contributed by atoms with Crippen molar-refractivity contribution in [3.63, 3.8) is 0 Å². The van der Waals surface area contributed by atoms with E-state index in [2.05, 4.69) is 21.2 Å². The summed E-state index contributed by atoms with van der Waals surface area (Å²) in [5, 5.41) is 3.35. The molecule has 0 radical (unpaired) electrons. The molecule has 2 aromatic rings. The highest BCUT2D eigenvalue weighted by molar-refractivity contribution is 9.10. The standard InChI is InChI=1S/C20H22BrClN2O3/c1-3-23-20(26)14(2)24(12-15-5-4-6-16(21)11-15)19(25)13-27-18-9-7-17(22)8-10-18/h4-11,14H,3,12-13H2,1-2H3,(H,23,26). The van der Waals surface area contributed by atoms with Gasteiger partial charge in [0.25, 0.3) is 5.91 Å². The first kappa shape index (κ1) is 21.3. The van der Waals surface area contributed by atoms with Gasteiger partial charge in [-0.3, -0.25) is 9.59 Å². The van der Waals surface area contributed by atoms with E-state index in [1.165, 1.54) is 4.90 Å². The van der Waals surface area contributed by atoms with Crippen molar-refractivity contribution in [3.8, 4) is 5.75 Å². The van der Waals surface area contributed by atoms with Crippen molar-refractivity contribution in [2.75, 3.05) is 13.2 Å². The first-order valence-electron chi connectivity index (χ1n) is 8.60. The Labute approximate surface area is 172 Å². The summed E-state index contributed by atoms with van der Waals surface area (Å²) >= 11 is 9.28. The number of hydrogen-bond acceptors (Lipinski definition) is 3. The summed E-state index contributed by atoms with van der Waals surface area (Å²) < 4.78 is 6.48. The van der Waals surface area contributed by atoms with E-state index in [4.69, 9.17) is 16.3 Å². The van der Waals surface area contributed by atoms with Crippen LogP contribution in [0.4, 0.5) is 0 Å². The fraction of sp³-hybridized carbons (Fsp3) is 0.300. The fourth-order valence-electron chi connectivity index (χ4n) is 2.50. The third-order valence-electron chi connectivity index (χ3n) is 3.94. The summed E-state index contributed by atoms with van der Waals surface area (Å²) in [7, 11) is 0. The van der Waals surface area contributed by atoms with Crippen LogP contribution in [-0.4, -0.2) is 35.9 Å². The number of ether oxygens (including phenoxy) is 1. The first-order valence-corrected chi connectivity index (χ1v) is 9.77. The number of rotatable bonds is 8. The molecule has 0 bridgehead atoms. The summed E-state index contributed by atoms with van der Waals surface area (Å²) in [6.45, 7) is 4.20. The molecule has 0 saturated heterocycles. The van der Waals surface area contributed by atoms with Gasteiger partial charge in [-0.25, -0.2) is 0 Å². The molecule has 2 aromatic carbocycles. The van der Waals surface area contributed by atoms with Gasteiger partial charge in [0.05, 0.1) is 0 Å². The summed E-state index contributed by atoms with van der Waals surface area (Å²) in [4.78, 5) is 26.6. The molecule has 0 aromatic heterocycles. The maximum Gasteiger partial charge on any atom is 0.261 e. The van der Waals surface area contributed by atoms with Crippen LogP contribution in [0.1, 0.15) is 19.4 Å². The molecule has 144 valence electrons. The minimum Gasteiger partial charge on any atom is -0.484 e. The van der Waals surface area contributed by atoms with Crippen molar-refractivity contribution in [3.05, 3.63) is 63.6 Å². The zero-order valence-electron chi connectivity index (χ0n) is 15.2. The van der Waals surface area contributed by atoms with E-state index in [-0.39, 0.29) is 18.4 Å². The zero-order chi connectivity index (χ0) is 19.8. The molecule has 2 rings (SSSR count). The molecule has 2 amide bonds. The lowest BCUT2D eigenvalue weighted by molar-refractivity contribution is -0.142. The molecule has 0 aliphatic rings. The second-order valence-electron chi connectivity index (χ2n) is 5.96. The SMILES string of the molecule is CCNC(=O)C(C)N(Cc1cccc(Br)c1)C(=O)COc1ccc(Cl)cc1. The van der Waals surface area contributed by atoms with Crippen LogP contribution in [0.2, 0.25) is 5.02 Å². The third-order valence-corrected chi connectivity index (χ3v) is 4.68. The van der Waals surface area contributed by atoms with E-state index >= 15 is 0 Å². The summed E-state index contributed by atoms with van der Waals surface area (Å²) in [5.41, 5.74) is 0.917. The second-order valence-corrected chi connectivity index (χ2v) is 7.32. The smallest absolute Gasteiger partial charge is 0.261 e. The van der Waals surface area contributed by atoms with Gasteiger partial charge in [0, 0.05) is 22.6 Å². The van der Waals surface area contributed by atoms with Gasteiger partial charge >= 0.3 is 0 Å². The number of benzene rings is 2. The van der Waals surface area contributed by atoms with Gasteiger partial charge in [0.1, 0.15) is 11.8 Å². The molecule has 1 atom stereocenters. The number of nitrogens with one attached hydrogen (secondary N) is 1. The number of carbonyl (C=O) groups is 2. The number of nitrogens with zero attached hydrogens (tertiary/aromatic N) is 1. The van der Waals surface area contributed by atoms with E-state index in [9.17, 15) is 9.59 Å². The van der Waals surface area contributed by atoms with E-state index in [1.54, 1.807) is 31.2 Å². The number of hydrogen-bond donors (Lipinski definition) is 1. The molecule has 0 aliphatic heterocycles. The normalized spacial score (nSPS) is 11.6. The molecule has 5 nitrogen and oxygen atoms in total. The number of carbonyl (C=O) groups excluding carboxylic acids is 2. The lowest BCUT2D eigenvalue weighted by atomic mass is 10.1. The largest absolute Gasteiger partial charge is 0.484 e. The topological polar surface area (TPSA) is 58.6 Å². The molecular weight excluding hydrogens is 432 g/mol. The van der Waals surface area contributed by atoms with Crippen LogP contribution in [0.15, 0.2) is 53.0 Å². The quantitative estimate of drug-likeness (QED) is 0.656. The predicted octanol–water partition coefficient (Wildman–Crippen LogP) is 4.03. The van der Waals surface area contributed by atoms with Crippen molar-refractivity contribution in [2.24, 2.45) is 0 Å². The molecule has 1 unspecified atom stereocenters.